The molecule has 0 spiro atoms. The van der Waals surface area contributed by atoms with E-state index in [0.717, 1.165) is 46.3 Å². The molecule has 1 fully saturated rings. The van der Waals surface area contributed by atoms with E-state index < -0.39 is 0 Å². The maximum atomic E-state index is 11.7. The highest BCUT2D eigenvalue weighted by Gasteiger charge is 2.24. The van der Waals surface area contributed by atoms with Crippen LogP contribution in [-0.4, -0.2) is 48.3 Å². The summed E-state index contributed by atoms with van der Waals surface area (Å²) in [5, 5.41) is 18.3. The van der Waals surface area contributed by atoms with Crippen LogP contribution in [0.4, 0.5) is 0 Å². The number of carbonyl (C=O) groups is 1. The fourth-order valence-corrected chi connectivity index (χ4v) is 4.43. The van der Waals surface area contributed by atoms with Crippen LogP contribution in [0.25, 0.3) is 27.8 Å². The summed E-state index contributed by atoms with van der Waals surface area (Å²) >= 11 is 0. The molecule has 0 bridgehead atoms. The van der Waals surface area contributed by atoms with E-state index in [-0.39, 0.29) is 11.8 Å². The Hall–Kier alpha value is -4.43. The summed E-state index contributed by atoms with van der Waals surface area (Å²) in [7, 11) is 1.88. The van der Waals surface area contributed by atoms with Crippen LogP contribution < -0.4 is 0 Å². The lowest BCUT2D eigenvalue weighted by molar-refractivity contribution is -0.126. The van der Waals surface area contributed by atoms with Gasteiger partial charge in [0.15, 0.2) is 0 Å². The molecule has 1 aliphatic rings. The number of pyridine rings is 2. The van der Waals surface area contributed by atoms with Crippen LogP contribution in [0.3, 0.4) is 0 Å². The van der Waals surface area contributed by atoms with Crippen LogP contribution in [0.15, 0.2) is 49.2 Å². The predicted molar refractivity (Wildman–Crippen MR) is 123 cm³/mol. The van der Waals surface area contributed by atoms with Gasteiger partial charge >= 0.3 is 0 Å². The van der Waals surface area contributed by atoms with Gasteiger partial charge in [0.2, 0.25) is 0 Å². The number of terminal acetylenes is 1. The Labute approximate surface area is 191 Å². The number of rotatable bonds is 3. The third-order valence-electron chi connectivity index (χ3n) is 6.19. The Bertz CT molecular complexity index is 1420. The van der Waals surface area contributed by atoms with Crippen molar-refractivity contribution in [2.75, 3.05) is 13.1 Å². The van der Waals surface area contributed by atoms with Gasteiger partial charge < -0.3 is 4.90 Å². The summed E-state index contributed by atoms with van der Waals surface area (Å²) in [6.45, 7) is 1.29. The first-order valence-corrected chi connectivity index (χ1v) is 10.7. The highest BCUT2D eigenvalue weighted by Crippen LogP contribution is 2.33. The van der Waals surface area contributed by atoms with Crippen LogP contribution >= 0.6 is 0 Å². The van der Waals surface area contributed by atoms with Crippen molar-refractivity contribution in [3.63, 3.8) is 0 Å². The average molecular weight is 435 g/mol. The van der Waals surface area contributed by atoms with Crippen LogP contribution in [0.1, 0.15) is 30.0 Å². The predicted octanol–water partition coefficient (Wildman–Crippen LogP) is 3.01. The zero-order chi connectivity index (χ0) is 22.9. The summed E-state index contributed by atoms with van der Waals surface area (Å²) in [5.41, 5.74) is 5.98. The third-order valence-corrected chi connectivity index (χ3v) is 6.19. The van der Waals surface area contributed by atoms with Crippen LogP contribution in [0.2, 0.25) is 0 Å². The molecule has 1 amide bonds. The SMILES string of the molecule is C#CC(=O)N1CCC(c2ccc(-c3cc(-c4cnn(C)c4)cn4ncc(C#N)c34)cn2)CC1. The van der Waals surface area contributed by atoms with Crippen molar-refractivity contribution >= 4 is 11.4 Å². The second-order valence-electron chi connectivity index (χ2n) is 8.19. The molecule has 5 rings (SSSR count). The van der Waals surface area contributed by atoms with Gasteiger partial charge in [0, 0.05) is 72.6 Å². The molecule has 8 heteroatoms. The maximum absolute atomic E-state index is 11.7. The Morgan fingerprint density at radius 2 is 1.91 bits per heavy atom. The fourth-order valence-electron chi connectivity index (χ4n) is 4.43. The zero-order valence-corrected chi connectivity index (χ0v) is 18.1. The van der Waals surface area contributed by atoms with Crippen molar-refractivity contribution in [3.8, 4) is 40.7 Å². The van der Waals surface area contributed by atoms with Gasteiger partial charge in [-0.1, -0.05) is 6.07 Å². The number of amides is 1. The monoisotopic (exact) mass is 435 g/mol. The Kier molecular flexibility index (Phi) is 5.12. The molecule has 1 aliphatic heterocycles. The topological polar surface area (TPSA) is 92.1 Å². The number of aryl methyl sites for hydroxylation is 1. The molecule has 0 radical (unpaired) electrons. The lowest BCUT2D eigenvalue weighted by Crippen LogP contribution is -2.37. The number of carbonyl (C=O) groups excluding carboxylic acids is 1. The number of likely N-dealkylation sites (tertiary alicyclic amines) is 1. The Morgan fingerprint density at radius 3 is 2.55 bits per heavy atom. The molecule has 0 N–H and O–H groups in total. The van der Waals surface area contributed by atoms with Crippen LogP contribution in [0.5, 0.6) is 0 Å². The van der Waals surface area contributed by atoms with Gasteiger partial charge in [-0.15, -0.1) is 6.42 Å². The molecule has 5 heterocycles. The fraction of sp³-hybridized carbons (Fsp3) is 0.240. The first kappa shape index (κ1) is 20.5. The molecule has 8 nitrogen and oxygen atoms in total. The molecular formula is C25H21N7O. The average Bonchev–Trinajstić information content (AvgIpc) is 3.49. The van der Waals surface area contributed by atoms with E-state index in [2.05, 4.69) is 28.3 Å². The maximum Gasteiger partial charge on any atom is 0.298 e. The standard InChI is InChI=1S/C25H21N7O/c1-3-24(33)31-8-6-17(7-9-31)23-5-4-18(12-27-23)22-10-19(21-14-28-30(2)15-21)16-32-25(22)20(11-26)13-29-32/h1,4-5,10,12-17H,6-9H2,2H3. The van der Waals surface area contributed by atoms with Gasteiger partial charge in [0.05, 0.1) is 23.5 Å². The minimum atomic E-state index is -0.247. The molecule has 1 saturated heterocycles. The van der Waals surface area contributed by atoms with Crippen molar-refractivity contribution in [3.05, 3.63) is 60.4 Å². The van der Waals surface area contributed by atoms with Crippen molar-refractivity contribution < 1.29 is 4.79 Å². The van der Waals surface area contributed by atoms with Gasteiger partial charge in [-0.25, -0.2) is 4.52 Å². The van der Waals surface area contributed by atoms with Crippen LogP contribution in [0, 0.1) is 23.7 Å². The molecule has 0 atom stereocenters. The van der Waals surface area contributed by atoms with E-state index in [1.807, 2.05) is 37.8 Å². The highest BCUT2D eigenvalue weighted by atomic mass is 16.2. The Balaban J connectivity index is 1.49. The summed E-state index contributed by atoms with van der Waals surface area (Å²) in [6.07, 6.45) is 16.0. The van der Waals surface area contributed by atoms with Gasteiger partial charge in [-0.3, -0.25) is 14.5 Å². The number of nitrogens with zero attached hydrogens (tertiary/aromatic N) is 7. The second-order valence-corrected chi connectivity index (χ2v) is 8.19. The number of aromatic nitrogens is 5. The number of hydrogen-bond acceptors (Lipinski definition) is 5. The summed E-state index contributed by atoms with van der Waals surface area (Å²) in [4.78, 5) is 18.2. The molecule has 4 aromatic heterocycles. The number of hydrogen-bond donors (Lipinski definition) is 0. The molecule has 0 aliphatic carbocycles. The van der Waals surface area contributed by atoms with Gasteiger partial charge in [0.25, 0.3) is 5.91 Å². The van der Waals surface area contributed by atoms with E-state index in [1.54, 1.807) is 26.5 Å². The van der Waals surface area contributed by atoms with Crippen LogP contribution in [-0.2, 0) is 11.8 Å². The third kappa shape index (κ3) is 3.72. The zero-order valence-electron chi connectivity index (χ0n) is 18.1. The highest BCUT2D eigenvalue weighted by molar-refractivity contribution is 5.93. The van der Waals surface area contributed by atoms with E-state index in [4.69, 9.17) is 11.4 Å². The molecular weight excluding hydrogens is 414 g/mol. The number of piperidine rings is 1. The van der Waals surface area contributed by atoms with E-state index in [0.29, 0.717) is 18.7 Å². The first-order valence-electron chi connectivity index (χ1n) is 10.7. The van der Waals surface area contributed by atoms with E-state index in [9.17, 15) is 10.1 Å². The summed E-state index contributed by atoms with van der Waals surface area (Å²) < 4.78 is 3.49. The smallest absolute Gasteiger partial charge is 0.298 e. The summed E-state index contributed by atoms with van der Waals surface area (Å²) in [6, 6.07) is 8.36. The normalized spacial score (nSPS) is 14.2. The van der Waals surface area contributed by atoms with Crippen molar-refractivity contribution in [2.24, 2.45) is 7.05 Å². The quantitative estimate of drug-likeness (QED) is 0.461. The lowest BCUT2D eigenvalue weighted by Gasteiger charge is -2.30. The minimum absolute atomic E-state index is 0.247. The van der Waals surface area contributed by atoms with Crippen molar-refractivity contribution in [1.82, 2.24) is 29.3 Å². The van der Waals surface area contributed by atoms with E-state index >= 15 is 0 Å². The largest absolute Gasteiger partial charge is 0.332 e. The van der Waals surface area contributed by atoms with Crippen molar-refractivity contribution in [2.45, 2.75) is 18.8 Å². The van der Waals surface area contributed by atoms with Gasteiger partial charge in [-0.2, -0.15) is 15.5 Å². The van der Waals surface area contributed by atoms with Gasteiger partial charge in [-0.05, 0) is 30.9 Å². The van der Waals surface area contributed by atoms with E-state index in [1.165, 1.54) is 0 Å². The molecule has 33 heavy (non-hydrogen) atoms. The first-order chi connectivity index (χ1) is 16.1. The second kappa shape index (κ2) is 8.25. The molecule has 0 aromatic carbocycles. The number of fused-ring (bicyclic) bond motifs is 1. The lowest BCUT2D eigenvalue weighted by atomic mass is 9.92. The minimum Gasteiger partial charge on any atom is -0.332 e. The molecule has 4 aromatic rings. The molecule has 0 unspecified atom stereocenters. The van der Waals surface area contributed by atoms with Gasteiger partial charge in [0.1, 0.15) is 6.07 Å². The Morgan fingerprint density at radius 1 is 1.09 bits per heavy atom. The molecule has 0 saturated carbocycles. The number of nitriles is 1. The van der Waals surface area contributed by atoms with Crippen molar-refractivity contribution in [1.29, 1.82) is 5.26 Å². The summed E-state index contributed by atoms with van der Waals surface area (Å²) in [5.74, 6) is 2.23. The molecule has 162 valence electrons.